The van der Waals surface area contributed by atoms with Crippen LogP contribution < -0.4 is 20.6 Å². The molecule has 0 aliphatic carbocycles. The Labute approximate surface area is 186 Å². The minimum Gasteiger partial charge on any atom is -0.444 e. The van der Waals surface area contributed by atoms with Gasteiger partial charge in [-0.05, 0) is 38.0 Å². The van der Waals surface area contributed by atoms with Crippen molar-refractivity contribution in [2.24, 2.45) is 0 Å². The van der Waals surface area contributed by atoms with E-state index in [-0.39, 0.29) is 30.7 Å². The van der Waals surface area contributed by atoms with Crippen LogP contribution in [0.5, 0.6) is 0 Å². The zero-order valence-corrected chi connectivity index (χ0v) is 18.0. The van der Waals surface area contributed by atoms with Gasteiger partial charge in [0.05, 0.1) is 12.3 Å². The summed E-state index contributed by atoms with van der Waals surface area (Å²) in [6, 6.07) is 12.7. The molecule has 170 valence electrons. The number of aliphatic hydroxyl groups is 1. The number of ether oxygens (including phenoxy) is 1. The summed E-state index contributed by atoms with van der Waals surface area (Å²) < 4.78 is 5.37. The Hall–Kier alpha value is -3.14. The molecule has 1 unspecified atom stereocenters. The predicted molar refractivity (Wildman–Crippen MR) is 118 cm³/mol. The molecule has 2 aromatic rings. The van der Waals surface area contributed by atoms with Crippen LogP contribution in [0.15, 0.2) is 42.5 Å². The minimum absolute atomic E-state index is 0.0341. The molecular formula is C23H29N4O5+. The third kappa shape index (κ3) is 4.40. The number of aliphatic hydroxyl groups excluding tert-OH is 1. The Morgan fingerprint density at radius 2 is 1.97 bits per heavy atom. The molecule has 9 heteroatoms. The molecule has 0 spiro atoms. The number of fused-ring (bicyclic) bond motifs is 1. The van der Waals surface area contributed by atoms with Crippen molar-refractivity contribution < 1.29 is 30.1 Å². The maximum atomic E-state index is 12.5. The van der Waals surface area contributed by atoms with E-state index in [1.54, 1.807) is 24.0 Å². The van der Waals surface area contributed by atoms with Crippen LogP contribution in [0.25, 0.3) is 0 Å². The Bertz CT molecular complexity index is 990. The lowest BCUT2D eigenvalue weighted by Gasteiger charge is -2.40. The number of benzene rings is 2. The molecule has 4 rings (SSSR count). The molecule has 1 saturated heterocycles. The van der Waals surface area contributed by atoms with Crippen LogP contribution in [0.1, 0.15) is 35.7 Å². The van der Waals surface area contributed by atoms with Crippen molar-refractivity contribution in [2.45, 2.75) is 38.5 Å². The number of nitrogens with zero attached hydrogens (tertiary/aromatic N) is 2. The van der Waals surface area contributed by atoms with Crippen LogP contribution in [0.4, 0.5) is 21.9 Å². The number of carbonyl (C=O) groups excluding carboxylic acids is 2. The Morgan fingerprint density at radius 1 is 1.22 bits per heavy atom. The van der Waals surface area contributed by atoms with Gasteiger partial charge in [0, 0.05) is 42.4 Å². The summed E-state index contributed by atoms with van der Waals surface area (Å²) in [6.45, 7) is 3.27. The summed E-state index contributed by atoms with van der Waals surface area (Å²) in [5.74, 6) is -0.304. The fourth-order valence-corrected chi connectivity index (χ4v) is 4.33. The fraction of sp³-hybridized carbons (Fsp3) is 0.391. The van der Waals surface area contributed by atoms with Gasteiger partial charge in [-0.15, -0.1) is 0 Å². The molecule has 0 aromatic heterocycles. The van der Waals surface area contributed by atoms with E-state index < -0.39 is 0 Å². The first kappa shape index (κ1) is 22.1. The Balaban J connectivity index is 1.46. The Kier molecular flexibility index (Phi) is 6.59. The molecule has 1 fully saturated rings. The van der Waals surface area contributed by atoms with Crippen molar-refractivity contribution in [2.75, 3.05) is 29.5 Å². The average Bonchev–Trinajstić information content (AvgIpc) is 2.83. The number of cyclic esters (lactones) is 1. The molecular weight excluding hydrogens is 412 g/mol. The third-order valence-corrected chi connectivity index (χ3v) is 6.05. The van der Waals surface area contributed by atoms with E-state index in [9.17, 15) is 14.8 Å². The standard InChI is InChI=1S/C23H28N4O5/c1-15(13-28)24-22(29)16-6-7-21(19(12-16)25-31)26-10-8-18(9-11-26)27-20-5-3-2-4-17(20)14-32-23(27)30/h2-7,12,15,18,25,28,31H,8-11,13-14H2,1H3,(H,24,29)/p+1. The smallest absolute Gasteiger partial charge is 0.414 e. The van der Waals surface area contributed by atoms with E-state index in [0.717, 1.165) is 35.3 Å². The van der Waals surface area contributed by atoms with Gasteiger partial charge in [0.15, 0.2) is 5.69 Å². The molecule has 32 heavy (non-hydrogen) atoms. The summed E-state index contributed by atoms with van der Waals surface area (Å²) in [5, 5.41) is 21.6. The number of para-hydroxylation sites is 1. The highest BCUT2D eigenvalue weighted by Gasteiger charge is 2.34. The number of anilines is 2. The van der Waals surface area contributed by atoms with Gasteiger partial charge in [0.2, 0.25) is 0 Å². The van der Waals surface area contributed by atoms with E-state index in [1.165, 1.54) is 0 Å². The molecule has 0 saturated carbocycles. The summed E-state index contributed by atoms with van der Waals surface area (Å²) in [4.78, 5) is 28.8. The number of nitrogens with two attached hydrogens (primary N) is 1. The number of hydrogen-bond acceptors (Lipinski definition) is 6. The molecule has 0 bridgehead atoms. The zero-order chi connectivity index (χ0) is 22.7. The van der Waals surface area contributed by atoms with Crippen LogP contribution in [0.3, 0.4) is 0 Å². The number of hydrogen-bond donors (Lipinski definition) is 4. The van der Waals surface area contributed by atoms with Gasteiger partial charge < -0.3 is 20.1 Å². The van der Waals surface area contributed by atoms with Gasteiger partial charge >= 0.3 is 6.09 Å². The molecule has 9 nitrogen and oxygen atoms in total. The maximum Gasteiger partial charge on any atom is 0.414 e. The summed E-state index contributed by atoms with van der Waals surface area (Å²) >= 11 is 0. The molecule has 2 aliphatic heterocycles. The normalized spacial score (nSPS) is 17.5. The average molecular weight is 442 g/mol. The van der Waals surface area contributed by atoms with Crippen molar-refractivity contribution >= 4 is 29.1 Å². The molecule has 0 radical (unpaired) electrons. The van der Waals surface area contributed by atoms with Gasteiger partial charge in [0.1, 0.15) is 12.3 Å². The lowest BCUT2D eigenvalue weighted by atomic mass is 9.99. The topological polar surface area (TPSA) is 119 Å². The molecule has 2 aliphatic rings. The van der Waals surface area contributed by atoms with Gasteiger partial charge in [-0.1, -0.05) is 18.2 Å². The highest BCUT2D eigenvalue weighted by molar-refractivity contribution is 5.96. The zero-order valence-electron chi connectivity index (χ0n) is 18.0. The van der Waals surface area contributed by atoms with E-state index in [4.69, 9.17) is 9.84 Å². The second-order valence-electron chi connectivity index (χ2n) is 8.23. The highest BCUT2D eigenvalue weighted by Crippen LogP contribution is 2.33. The van der Waals surface area contributed by atoms with E-state index in [1.807, 2.05) is 30.3 Å². The predicted octanol–water partition coefficient (Wildman–Crippen LogP) is 1.51. The van der Waals surface area contributed by atoms with Crippen molar-refractivity contribution in [1.82, 2.24) is 5.32 Å². The first-order valence-electron chi connectivity index (χ1n) is 10.8. The maximum absolute atomic E-state index is 12.5. The van der Waals surface area contributed by atoms with Crippen LogP contribution in [0.2, 0.25) is 0 Å². The van der Waals surface area contributed by atoms with Gasteiger partial charge in [-0.2, -0.15) is 5.48 Å². The number of nitrogens with one attached hydrogen (secondary N) is 1. The first-order valence-corrected chi connectivity index (χ1v) is 10.8. The van der Waals surface area contributed by atoms with Crippen LogP contribution in [0, 0.1) is 0 Å². The number of carbonyl (C=O) groups is 2. The lowest BCUT2D eigenvalue weighted by Crippen LogP contribution is -2.74. The first-order chi connectivity index (χ1) is 15.5. The van der Waals surface area contributed by atoms with Crippen LogP contribution in [-0.2, 0) is 11.3 Å². The van der Waals surface area contributed by atoms with Gasteiger partial charge in [0.25, 0.3) is 5.91 Å². The van der Waals surface area contributed by atoms with E-state index in [2.05, 4.69) is 10.2 Å². The molecule has 2 heterocycles. The third-order valence-electron chi connectivity index (χ3n) is 6.05. The molecule has 2 aromatic carbocycles. The molecule has 2 amide bonds. The summed E-state index contributed by atoms with van der Waals surface area (Å²) in [5.41, 5.74) is 4.73. The van der Waals surface area contributed by atoms with E-state index >= 15 is 0 Å². The second kappa shape index (κ2) is 9.56. The van der Waals surface area contributed by atoms with Crippen molar-refractivity contribution in [3.63, 3.8) is 0 Å². The van der Waals surface area contributed by atoms with Crippen LogP contribution >= 0.6 is 0 Å². The Morgan fingerprint density at radius 3 is 2.69 bits per heavy atom. The molecule has 1 atom stereocenters. The highest BCUT2D eigenvalue weighted by atomic mass is 16.6. The summed E-state index contributed by atoms with van der Waals surface area (Å²) in [6.07, 6.45) is 1.20. The van der Waals surface area contributed by atoms with Gasteiger partial charge in [-0.25, -0.2) is 10.0 Å². The minimum atomic E-state index is -0.352. The van der Waals surface area contributed by atoms with Crippen molar-refractivity contribution in [1.29, 1.82) is 0 Å². The number of amides is 2. The number of quaternary nitrogens is 1. The fourth-order valence-electron chi connectivity index (χ4n) is 4.33. The van der Waals surface area contributed by atoms with Crippen molar-refractivity contribution in [3.05, 3.63) is 53.6 Å². The summed E-state index contributed by atoms with van der Waals surface area (Å²) in [7, 11) is 0. The second-order valence-corrected chi connectivity index (χ2v) is 8.23. The van der Waals surface area contributed by atoms with Crippen LogP contribution in [-0.4, -0.2) is 54.1 Å². The SMILES string of the molecule is CC(CO)NC(=O)c1ccc(N2CCC(N3C(=O)OCc4ccccc43)CC2)c([NH2+]O)c1. The van der Waals surface area contributed by atoms with Gasteiger partial charge in [-0.3, -0.25) is 9.69 Å². The largest absolute Gasteiger partial charge is 0.444 e. The number of rotatable bonds is 6. The quantitative estimate of drug-likeness (QED) is 0.399. The lowest BCUT2D eigenvalue weighted by molar-refractivity contribution is -0.825. The molecule has 5 N–H and O–H groups in total. The monoisotopic (exact) mass is 441 g/mol. The van der Waals surface area contributed by atoms with Crippen molar-refractivity contribution in [3.8, 4) is 0 Å². The van der Waals surface area contributed by atoms with E-state index in [0.29, 0.717) is 30.9 Å². The number of piperidine rings is 1.